The number of fused-ring (bicyclic) bond motifs is 1. The van der Waals surface area contributed by atoms with E-state index < -0.39 is 0 Å². The molecule has 0 atom stereocenters. The van der Waals surface area contributed by atoms with E-state index in [0.29, 0.717) is 17.3 Å². The van der Waals surface area contributed by atoms with Crippen molar-refractivity contribution in [2.75, 3.05) is 5.73 Å². The molecule has 18 heavy (non-hydrogen) atoms. The Bertz CT molecular complexity index is 696. The maximum Gasteiger partial charge on any atom is 0.254 e. The Morgan fingerprint density at radius 3 is 2.78 bits per heavy atom. The van der Waals surface area contributed by atoms with Gasteiger partial charge in [-0.05, 0) is 19.9 Å². The number of aryl methyl sites for hydroxylation is 2. The normalized spacial score (nSPS) is 11.2. The zero-order valence-electron chi connectivity index (χ0n) is 10.2. The van der Waals surface area contributed by atoms with Gasteiger partial charge >= 0.3 is 0 Å². The van der Waals surface area contributed by atoms with Crippen molar-refractivity contribution in [2.24, 2.45) is 0 Å². The van der Waals surface area contributed by atoms with E-state index in [1.165, 1.54) is 0 Å². The van der Waals surface area contributed by atoms with E-state index in [0.717, 1.165) is 18.0 Å². The highest BCUT2D eigenvalue weighted by Gasteiger charge is 2.14. The Kier molecular flexibility index (Phi) is 2.26. The summed E-state index contributed by atoms with van der Waals surface area (Å²) >= 11 is 0. The van der Waals surface area contributed by atoms with Crippen LogP contribution in [0.2, 0.25) is 0 Å². The third-order valence-corrected chi connectivity index (χ3v) is 2.83. The van der Waals surface area contributed by atoms with Gasteiger partial charge < -0.3 is 10.3 Å². The van der Waals surface area contributed by atoms with E-state index in [9.17, 15) is 0 Å². The van der Waals surface area contributed by atoms with Crippen LogP contribution in [0.25, 0.3) is 17.1 Å². The Hall–Kier alpha value is -2.44. The second kappa shape index (κ2) is 3.80. The fraction of sp³-hybridized carbons (Fsp3) is 0.273. The van der Waals surface area contributed by atoms with Gasteiger partial charge in [0.05, 0.1) is 0 Å². The molecule has 3 rings (SSSR count). The smallest absolute Gasteiger partial charge is 0.254 e. The monoisotopic (exact) mass is 243 g/mol. The summed E-state index contributed by atoms with van der Waals surface area (Å²) < 4.78 is 3.58. The van der Waals surface area contributed by atoms with Crippen LogP contribution in [0.3, 0.4) is 0 Å². The molecule has 7 nitrogen and oxygen atoms in total. The summed E-state index contributed by atoms with van der Waals surface area (Å²) in [5.41, 5.74) is 7.32. The van der Waals surface area contributed by atoms with Gasteiger partial charge in [0.25, 0.3) is 5.95 Å². The molecule has 0 unspecified atom stereocenters. The molecule has 0 bridgehead atoms. The fourth-order valence-corrected chi connectivity index (χ4v) is 1.99. The van der Waals surface area contributed by atoms with E-state index in [2.05, 4.69) is 20.1 Å². The molecule has 0 saturated carbocycles. The van der Waals surface area contributed by atoms with Crippen molar-refractivity contribution in [3.05, 3.63) is 24.3 Å². The summed E-state index contributed by atoms with van der Waals surface area (Å²) in [6.07, 6.45) is 3.45. The average molecular weight is 243 g/mol. The Morgan fingerprint density at radius 1 is 1.28 bits per heavy atom. The van der Waals surface area contributed by atoms with Gasteiger partial charge in [-0.15, -0.1) is 0 Å². The summed E-state index contributed by atoms with van der Waals surface area (Å²) in [4.78, 5) is 13.1. The Morgan fingerprint density at radius 2 is 2.11 bits per heavy atom. The number of anilines is 1. The summed E-state index contributed by atoms with van der Waals surface area (Å²) in [6, 6.07) is 1.81. The molecule has 0 aromatic carbocycles. The number of nitrogens with two attached hydrogens (primary N) is 1. The van der Waals surface area contributed by atoms with Crippen molar-refractivity contribution in [3.63, 3.8) is 0 Å². The Labute approximate surface area is 103 Å². The average Bonchev–Trinajstić information content (AvgIpc) is 2.95. The molecule has 0 saturated heterocycles. The van der Waals surface area contributed by atoms with Gasteiger partial charge in [0.2, 0.25) is 0 Å². The Balaban J connectivity index is 2.32. The summed E-state index contributed by atoms with van der Waals surface area (Å²) in [5.74, 6) is 1.71. The molecule has 0 fully saturated rings. The zero-order valence-corrected chi connectivity index (χ0v) is 10.2. The molecule has 0 amide bonds. The molecule has 7 heteroatoms. The lowest BCUT2D eigenvalue weighted by molar-refractivity contribution is 0.738. The van der Waals surface area contributed by atoms with Crippen molar-refractivity contribution in [2.45, 2.75) is 20.4 Å². The molecule has 0 aliphatic heterocycles. The molecule has 3 aromatic rings. The minimum atomic E-state index is 0.376. The van der Waals surface area contributed by atoms with Crippen LogP contribution in [0.1, 0.15) is 12.7 Å². The number of hydrogen-bond acceptors (Lipinski definition) is 5. The summed E-state index contributed by atoms with van der Waals surface area (Å²) in [7, 11) is 0. The van der Waals surface area contributed by atoms with Crippen LogP contribution in [-0.2, 0) is 6.54 Å². The number of hydrogen-bond donors (Lipinski definition) is 1. The maximum atomic E-state index is 5.93. The third-order valence-electron chi connectivity index (χ3n) is 2.83. The van der Waals surface area contributed by atoms with Gasteiger partial charge in [-0.3, -0.25) is 0 Å². The summed E-state index contributed by atoms with van der Waals surface area (Å²) in [5, 5.41) is 4.10. The van der Waals surface area contributed by atoms with Crippen LogP contribution >= 0.6 is 0 Å². The maximum absolute atomic E-state index is 5.93. The van der Waals surface area contributed by atoms with Crippen LogP contribution in [0.15, 0.2) is 18.5 Å². The molecule has 2 N–H and O–H groups in total. The molecule has 0 aliphatic carbocycles. The van der Waals surface area contributed by atoms with Crippen LogP contribution in [0, 0.1) is 6.92 Å². The number of rotatable bonds is 2. The van der Waals surface area contributed by atoms with Crippen LogP contribution in [0.4, 0.5) is 5.82 Å². The first-order chi connectivity index (χ1) is 8.70. The number of aromatic nitrogens is 6. The molecular weight excluding hydrogens is 230 g/mol. The second-order valence-corrected chi connectivity index (χ2v) is 3.93. The lowest BCUT2D eigenvalue weighted by atomic mass is 10.5. The molecule has 0 radical (unpaired) electrons. The van der Waals surface area contributed by atoms with Gasteiger partial charge in [-0.1, -0.05) is 0 Å². The predicted molar refractivity (Wildman–Crippen MR) is 67.3 cm³/mol. The standard InChI is InChI=1S/C11H13N7/c1-3-17-7(2)14-8-9(12)15-11(16-10(8)17)18-6-4-5-13-18/h4-6H,3H2,1-2H3,(H2,12,15,16). The SMILES string of the molecule is CCn1c(C)nc2c(N)nc(-n3cccn3)nc21. The first-order valence-electron chi connectivity index (χ1n) is 5.71. The number of nitrogens with zero attached hydrogens (tertiary/aromatic N) is 6. The molecule has 3 aromatic heterocycles. The van der Waals surface area contributed by atoms with E-state index >= 15 is 0 Å². The highest BCUT2D eigenvalue weighted by molar-refractivity contribution is 5.82. The highest BCUT2D eigenvalue weighted by Crippen LogP contribution is 2.19. The van der Waals surface area contributed by atoms with E-state index in [4.69, 9.17) is 5.73 Å². The summed E-state index contributed by atoms with van der Waals surface area (Å²) in [6.45, 7) is 4.76. The largest absolute Gasteiger partial charge is 0.382 e. The first kappa shape index (κ1) is 10.7. The van der Waals surface area contributed by atoms with Crippen molar-refractivity contribution in [1.82, 2.24) is 29.3 Å². The highest BCUT2D eigenvalue weighted by atomic mass is 15.3. The molecule has 3 heterocycles. The van der Waals surface area contributed by atoms with Gasteiger partial charge in [0, 0.05) is 18.9 Å². The van der Waals surface area contributed by atoms with Crippen LogP contribution in [-0.4, -0.2) is 29.3 Å². The first-order valence-corrected chi connectivity index (χ1v) is 5.71. The van der Waals surface area contributed by atoms with Gasteiger partial charge in [-0.2, -0.15) is 15.1 Å². The van der Waals surface area contributed by atoms with E-state index in [1.807, 2.05) is 24.5 Å². The van der Waals surface area contributed by atoms with Crippen molar-refractivity contribution in [1.29, 1.82) is 0 Å². The van der Waals surface area contributed by atoms with E-state index in [-0.39, 0.29) is 0 Å². The lowest BCUT2D eigenvalue weighted by Crippen LogP contribution is -2.06. The second-order valence-electron chi connectivity index (χ2n) is 3.93. The van der Waals surface area contributed by atoms with Crippen molar-refractivity contribution >= 4 is 17.0 Å². The zero-order chi connectivity index (χ0) is 12.7. The van der Waals surface area contributed by atoms with Gasteiger partial charge in [-0.25, -0.2) is 9.67 Å². The lowest BCUT2D eigenvalue weighted by Gasteiger charge is -2.04. The van der Waals surface area contributed by atoms with Crippen LogP contribution < -0.4 is 5.73 Å². The number of imidazole rings is 1. The molecule has 92 valence electrons. The topological polar surface area (TPSA) is 87.4 Å². The fourth-order valence-electron chi connectivity index (χ4n) is 1.99. The van der Waals surface area contributed by atoms with E-state index in [1.54, 1.807) is 17.1 Å². The molecular formula is C11H13N7. The number of nitrogen functional groups attached to an aromatic ring is 1. The minimum absolute atomic E-state index is 0.376. The van der Waals surface area contributed by atoms with Crippen molar-refractivity contribution in [3.8, 4) is 5.95 Å². The molecule has 0 aliphatic rings. The van der Waals surface area contributed by atoms with Gasteiger partial charge in [0.1, 0.15) is 5.82 Å². The van der Waals surface area contributed by atoms with Crippen molar-refractivity contribution < 1.29 is 0 Å². The van der Waals surface area contributed by atoms with Crippen LogP contribution in [0.5, 0.6) is 0 Å². The quantitative estimate of drug-likeness (QED) is 0.723. The minimum Gasteiger partial charge on any atom is -0.382 e. The molecule has 0 spiro atoms. The van der Waals surface area contributed by atoms with Gasteiger partial charge in [0.15, 0.2) is 17.0 Å². The third kappa shape index (κ3) is 1.44. The predicted octanol–water partition coefficient (Wildman–Crippen LogP) is 0.923.